The number of ether oxygens (including phenoxy) is 1. The fourth-order valence-electron chi connectivity index (χ4n) is 2.43. The van der Waals surface area contributed by atoms with Crippen LogP contribution in [0, 0.1) is 13.8 Å². The Hall–Kier alpha value is -1.98. The van der Waals surface area contributed by atoms with E-state index in [0.717, 1.165) is 17.0 Å². The summed E-state index contributed by atoms with van der Waals surface area (Å²) >= 11 is 0. The summed E-state index contributed by atoms with van der Waals surface area (Å²) in [5, 5.41) is 6.96. The predicted molar refractivity (Wildman–Crippen MR) is 105 cm³/mol. The van der Waals surface area contributed by atoms with Crippen molar-refractivity contribution < 1.29 is 17.9 Å². The van der Waals surface area contributed by atoms with Crippen molar-refractivity contribution in [2.24, 2.45) is 17.8 Å². The van der Waals surface area contributed by atoms with Gasteiger partial charge in [0.05, 0.1) is 11.4 Å². The molecule has 0 saturated carbocycles. The quantitative estimate of drug-likeness (QED) is 0.388. The van der Waals surface area contributed by atoms with Crippen LogP contribution in [0.4, 0.5) is 18.9 Å². The topological polar surface area (TPSA) is 77.5 Å². The van der Waals surface area contributed by atoms with Crippen LogP contribution in [0.2, 0.25) is 0 Å². The first-order valence-corrected chi connectivity index (χ1v) is 7.58. The van der Waals surface area contributed by atoms with E-state index in [0.29, 0.717) is 13.0 Å². The van der Waals surface area contributed by atoms with Crippen molar-refractivity contribution in [2.75, 3.05) is 11.9 Å². The van der Waals surface area contributed by atoms with Gasteiger partial charge in [0.2, 0.25) is 0 Å². The molecule has 3 N–H and O–H groups in total. The number of rotatable bonds is 5. The molecule has 1 aromatic heterocycles. The molecule has 0 unspecified atom stereocenters. The number of halogens is 4. The third-order valence-electron chi connectivity index (χ3n) is 3.68. The Kier molecular flexibility index (Phi) is 7.72. The van der Waals surface area contributed by atoms with Crippen LogP contribution < -0.4 is 15.8 Å². The number of anilines is 1. The number of aryl methyl sites for hydroxylation is 2. The van der Waals surface area contributed by atoms with E-state index in [1.807, 2.05) is 20.9 Å². The van der Waals surface area contributed by atoms with Crippen LogP contribution in [0.5, 0.6) is 5.75 Å². The molecular weight excluding hydrogens is 462 g/mol. The Labute approximate surface area is 166 Å². The summed E-state index contributed by atoms with van der Waals surface area (Å²) < 4.78 is 43.0. The summed E-state index contributed by atoms with van der Waals surface area (Å²) in [5.74, 6) is -0.357. The highest BCUT2D eigenvalue weighted by Gasteiger charge is 2.32. The predicted octanol–water partition coefficient (Wildman–Crippen LogP) is 3.52. The van der Waals surface area contributed by atoms with Gasteiger partial charge in [0.25, 0.3) is 0 Å². The molecule has 0 saturated heterocycles. The van der Waals surface area contributed by atoms with Crippen LogP contribution in [-0.2, 0) is 13.5 Å². The first-order valence-electron chi connectivity index (χ1n) is 7.58. The van der Waals surface area contributed by atoms with Gasteiger partial charge >= 0.3 is 6.36 Å². The number of hydrogen-bond donors (Lipinski definition) is 2. The maximum absolute atomic E-state index is 12.4. The largest absolute Gasteiger partial charge is 0.573 e. The van der Waals surface area contributed by atoms with E-state index in [1.54, 1.807) is 10.7 Å². The standard InChI is InChI=1S/C16H20F3N5O.HI/c1-10-12(11(2)24(3)23-10)8-9-21-15(20)22-13-6-4-5-7-14(13)25-16(17,18)19;/h4-7H,8-9H2,1-3H3,(H3,20,21,22);1H. The molecule has 2 rings (SSSR count). The molecule has 1 heterocycles. The van der Waals surface area contributed by atoms with Crippen molar-refractivity contribution in [1.29, 1.82) is 0 Å². The number of guanidine groups is 1. The fraction of sp³-hybridized carbons (Fsp3) is 0.375. The number of aromatic nitrogens is 2. The summed E-state index contributed by atoms with van der Waals surface area (Å²) in [6.45, 7) is 4.26. The molecule has 144 valence electrons. The van der Waals surface area contributed by atoms with E-state index in [2.05, 4.69) is 20.1 Å². The highest BCUT2D eigenvalue weighted by Crippen LogP contribution is 2.29. The van der Waals surface area contributed by atoms with Gasteiger partial charge in [-0.25, -0.2) is 0 Å². The van der Waals surface area contributed by atoms with Crippen molar-refractivity contribution >= 4 is 35.6 Å². The summed E-state index contributed by atoms with van der Waals surface area (Å²) in [4.78, 5) is 4.15. The zero-order valence-electron chi connectivity index (χ0n) is 14.6. The van der Waals surface area contributed by atoms with Gasteiger partial charge in [-0.1, -0.05) is 12.1 Å². The third kappa shape index (κ3) is 6.07. The Balaban J connectivity index is 0.00000338. The van der Waals surface area contributed by atoms with Crippen LogP contribution in [0.15, 0.2) is 29.3 Å². The van der Waals surface area contributed by atoms with Gasteiger partial charge in [0, 0.05) is 19.3 Å². The maximum Gasteiger partial charge on any atom is 0.573 e. The van der Waals surface area contributed by atoms with E-state index < -0.39 is 6.36 Å². The van der Waals surface area contributed by atoms with Gasteiger partial charge in [-0.15, -0.1) is 37.1 Å². The smallest absolute Gasteiger partial charge is 0.404 e. The zero-order chi connectivity index (χ0) is 18.6. The Morgan fingerprint density at radius 1 is 1.31 bits per heavy atom. The number of aliphatic imine (C=N–C) groups is 1. The lowest BCUT2D eigenvalue weighted by molar-refractivity contribution is -0.274. The average Bonchev–Trinajstić information content (AvgIpc) is 2.74. The Morgan fingerprint density at radius 3 is 2.54 bits per heavy atom. The second-order valence-corrected chi connectivity index (χ2v) is 5.46. The summed E-state index contributed by atoms with van der Waals surface area (Å²) in [6, 6.07) is 5.64. The van der Waals surface area contributed by atoms with E-state index in [4.69, 9.17) is 5.73 Å². The SMILES string of the molecule is Cc1nn(C)c(C)c1CCN=C(N)Nc1ccccc1OC(F)(F)F.I. The summed E-state index contributed by atoms with van der Waals surface area (Å²) in [5.41, 5.74) is 8.91. The van der Waals surface area contributed by atoms with Gasteiger partial charge in [0.15, 0.2) is 11.7 Å². The van der Waals surface area contributed by atoms with E-state index in [1.165, 1.54) is 18.2 Å². The molecule has 0 atom stereocenters. The number of para-hydroxylation sites is 2. The molecule has 0 aliphatic carbocycles. The molecule has 0 aliphatic rings. The number of benzene rings is 1. The van der Waals surface area contributed by atoms with Crippen molar-refractivity contribution in [1.82, 2.24) is 9.78 Å². The fourth-order valence-corrected chi connectivity index (χ4v) is 2.43. The van der Waals surface area contributed by atoms with Crippen LogP contribution in [0.25, 0.3) is 0 Å². The highest BCUT2D eigenvalue weighted by molar-refractivity contribution is 14.0. The van der Waals surface area contributed by atoms with E-state index in [9.17, 15) is 13.2 Å². The van der Waals surface area contributed by atoms with Crippen LogP contribution in [-0.4, -0.2) is 28.6 Å². The van der Waals surface area contributed by atoms with E-state index in [-0.39, 0.29) is 41.4 Å². The van der Waals surface area contributed by atoms with Gasteiger partial charge in [-0.2, -0.15) is 5.10 Å². The van der Waals surface area contributed by atoms with Crippen molar-refractivity contribution in [3.05, 3.63) is 41.2 Å². The van der Waals surface area contributed by atoms with Crippen molar-refractivity contribution in [3.63, 3.8) is 0 Å². The average molecular weight is 483 g/mol. The first kappa shape index (κ1) is 22.1. The first-order chi connectivity index (χ1) is 11.7. The minimum absolute atomic E-state index is 0. The molecule has 0 aliphatic heterocycles. The lowest BCUT2D eigenvalue weighted by Gasteiger charge is -2.14. The van der Waals surface area contributed by atoms with Crippen LogP contribution >= 0.6 is 24.0 Å². The molecule has 2 aromatic rings. The Morgan fingerprint density at radius 2 is 1.96 bits per heavy atom. The number of nitrogens with two attached hydrogens (primary N) is 1. The molecule has 6 nitrogen and oxygen atoms in total. The minimum Gasteiger partial charge on any atom is -0.404 e. The molecule has 0 radical (unpaired) electrons. The zero-order valence-corrected chi connectivity index (χ0v) is 16.9. The van der Waals surface area contributed by atoms with Gasteiger partial charge in [-0.05, 0) is 38.0 Å². The molecule has 0 bridgehead atoms. The molecule has 0 fully saturated rings. The number of nitrogens with zero attached hydrogens (tertiary/aromatic N) is 3. The summed E-state index contributed by atoms with van der Waals surface area (Å²) in [6.07, 6.45) is -4.15. The number of nitrogens with one attached hydrogen (secondary N) is 1. The van der Waals surface area contributed by atoms with Gasteiger partial charge < -0.3 is 15.8 Å². The van der Waals surface area contributed by atoms with Gasteiger partial charge in [-0.3, -0.25) is 9.67 Å². The van der Waals surface area contributed by atoms with Crippen molar-refractivity contribution in [3.8, 4) is 5.75 Å². The lowest BCUT2D eigenvalue weighted by atomic mass is 10.1. The van der Waals surface area contributed by atoms with E-state index >= 15 is 0 Å². The summed E-state index contributed by atoms with van der Waals surface area (Å²) in [7, 11) is 1.86. The third-order valence-corrected chi connectivity index (χ3v) is 3.68. The second kappa shape index (κ2) is 9.10. The maximum atomic E-state index is 12.4. The number of alkyl halides is 3. The number of hydrogen-bond acceptors (Lipinski definition) is 3. The normalized spacial score (nSPS) is 11.8. The Bertz CT molecular complexity index is 774. The molecular formula is C16H21F3IN5O. The van der Waals surface area contributed by atoms with Crippen LogP contribution in [0.1, 0.15) is 17.0 Å². The van der Waals surface area contributed by atoms with Crippen LogP contribution in [0.3, 0.4) is 0 Å². The molecule has 0 spiro atoms. The monoisotopic (exact) mass is 483 g/mol. The molecule has 0 amide bonds. The second-order valence-electron chi connectivity index (χ2n) is 5.46. The minimum atomic E-state index is -4.78. The highest BCUT2D eigenvalue weighted by atomic mass is 127. The molecule has 1 aromatic carbocycles. The molecule has 10 heteroatoms. The van der Waals surface area contributed by atoms with Gasteiger partial charge in [0.1, 0.15) is 0 Å². The molecule has 26 heavy (non-hydrogen) atoms. The lowest BCUT2D eigenvalue weighted by Crippen LogP contribution is -2.25. The van der Waals surface area contributed by atoms with Crippen molar-refractivity contribution in [2.45, 2.75) is 26.6 Å².